The molecule has 1 N–H and O–H groups in total. The molecule has 6 heteroatoms. The molecule has 1 amide bonds. The largest absolute Gasteiger partial charge is 0.496 e. The smallest absolute Gasteiger partial charge is 0.223 e. The van der Waals surface area contributed by atoms with Crippen LogP contribution < -0.4 is 4.74 Å². The molecule has 4 rings (SSSR count). The minimum absolute atomic E-state index is 0.120. The zero-order valence-electron chi connectivity index (χ0n) is 17.5. The zero-order valence-corrected chi connectivity index (χ0v) is 18.3. The predicted octanol–water partition coefficient (Wildman–Crippen LogP) is 4.52. The number of amides is 1. The van der Waals surface area contributed by atoms with Crippen molar-refractivity contribution in [1.29, 1.82) is 0 Å². The van der Waals surface area contributed by atoms with Crippen LogP contribution in [0.3, 0.4) is 0 Å². The Morgan fingerprint density at radius 2 is 1.90 bits per heavy atom. The number of methoxy groups -OCH3 is 1. The number of nitrogens with one attached hydrogen (secondary N) is 1. The van der Waals surface area contributed by atoms with Crippen molar-refractivity contribution in [3.63, 3.8) is 0 Å². The van der Waals surface area contributed by atoms with E-state index in [1.165, 1.54) is 0 Å². The fourth-order valence-corrected chi connectivity index (χ4v) is 4.53. The number of para-hydroxylation sites is 1. The van der Waals surface area contributed by atoms with E-state index in [9.17, 15) is 4.79 Å². The molecule has 158 valence electrons. The maximum absolute atomic E-state index is 13.3. The molecule has 0 saturated carbocycles. The zero-order chi connectivity index (χ0) is 21.1. The van der Waals surface area contributed by atoms with Crippen LogP contribution in [0.2, 0.25) is 5.02 Å². The van der Waals surface area contributed by atoms with Crippen molar-refractivity contribution in [3.8, 4) is 5.75 Å². The number of H-pyrrole nitrogens is 1. The van der Waals surface area contributed by atoms with Gasteiger partial charge in [0.15, 0.2) is 0 Å². The molecule has 0 spiro atoms. The minimum Gasteiger partial charge on any atom is -0.496 e. The van der Waals surface area contributed by atoms with E-state index in [0.29, 0.717) is 11.4 Å². The normalized spacial score (nSPS) is 16.0. The summed E-state index contributed by atoms with van der Waals surface area (Å²) in [5.41, 5.74) is 3.09. The number of carbonyl (C=O) groups is 1. The van der Waals surface area contributed by atoms with Crippen molar-refractivity contribution >= 4 is 28.4 Å². The Hall–Kier alpha value is -2.50. The lowest BCUT2D eigenvalue weighted by Gasteiger charge is -2.35. The van der Waals surface area contributed by atoms with Crippen molar-refractivity contribution in [2.45, 2.75) is 19.3 Å². The SMILES string of the molecule is CCN1CCN(C(=O)C[C@@H](c2ccccc2OC)c2c[nH]c3ccc(Cl)cc23)CC1. The summed E-state index contributed by atoms with van der Waals surface area (Å²) in [5, 5.41) is 1.73. The maximum atomic E-state index is 13.3. The van der Waals surface area contributed by atoms with Crippen LogP contribution in [0.25, 0.3) is 10.9 Å². The van der Waals surface area contributed by atoms with Gasteiger partial charge in [-0.1, -0.05) is 36.7 Å². The molecule has 1 fully saturated rings. The number of rotatable bonds is 6. The van der Waals surface area contributed by atoms with Crippen LogP contribution >= 0.6 is 11.6 Å². The van der Waals surface area contributed by atoms with Gasteiger partial charge in [0, 0.05) is 66.2 Å². The lowest BCUT2D eigenvalue weighted by atomic mass is 9.87. The second-order valence-electron chi connectivity index (χ2n) is 7.75. The van der Waals surface area contributed by atoms with Crippen molar-refractivity contribution in [3.05, 3.63) is 64.8 Å². The van der Waals surface area contributed by atoms with Crippen molar-refractivity contribution < 1.29 is 9.53 Å². The second kappa shape index (κ2) is 9.11. The molecule has 2 heterocycles. The first-order valence-corrected chi connectivity index (χ1v) is 10.9. The molecule has 0 unspecified atom stereocenters. The summed E-state index contributed by atoms with van der Waals surface area (Å²) in [5.74, 6) is 0.852. The predicted molar refractivity (Wildman–Crippen MR) is 121 cm³/mol. The number of fused-ring (bicyclic) bond motifs is 1. The van der Waals surface area contributed by atoms with Gasteiger partial charge in [-0.3, -0.25) is 4.79 Å². The maximum Gasteiger partial charge on any atom is 0.223 e. The van der Waals surface area contributed by atoms with Gasteiger partial charge in [0.2, 0.25) is 5.91 Å². The van der Waals surface area contributed by atoms with Gasteiger partial charge in [-0.15, -0.1) is 0 Å². The molecule has 0 radical (unpaired) electrons. The van der Waals surface area contributed by atoms with Crippen LogP contribution in [0.4, 0.5) is 0 Å². The molecule has 1 saturated heterocycles. The Morgan fingerprint density at radius 3 is 2.63 bits per heavy atom. The summed E-state index contributed by atoms with van der Waals surface area (Å²) in [6.07, 6.45) is 2.40. The highest BCUT2D eigenvalue weighted by atomic mass is 35.5. The number of nitrogens with zero attached hydrogens (tertiary/aromatic N) is 2. The average Bonchev–Trinajstić information content (AvgIpc) is 3.20. The third kappa shape index (κ3) is 4.18. The molecule has 1 aliphatic heterocycles. The fraction of sp³-hybridized carbons (Fsp3) is 0.375. The standard InChI is InChI=1S/C24H28ClN3O2/c1-3-27-10-12-28(13-11-27)24(29)15-19(18-6-4-5-7-23(18)30-2)21-16-26-22-9-8-17(25)14-20(21)22/h4-9,14,16,19,26H,3,10-13,15H2,1-2H3/t19-/m0/s1. The quantitative estimate of drug-likeness (QED) is 0.631. The van der Waals surface area contributed by atoms with Crippen molar-refractivity contribution in [1.82, 2.24) is 14.8 Å². The number of hydrogen-bond donors (Lipinski definition) is 1. The Labute approximate surface area is 182 Å². The number of carbonyl (C=O) groups excluding carboxylic acids is 1. The molecule has 1 aromatic heterocycles. The van der Waals surface area contributed by atoms with E-state index in [0.717, 1.165) is 60.5 Å². The van der Waals surface area contributed by atoms with Gasteiger partial charge < -0.3 is 19.5 Å². The van der Waals surface area contributed by atoms with Crippen LogP contribution in [-0.4, -0.2) is 60.5 Å². The Morgan fingerprint density at radius 1 is 1.13 bits per heavy atom. The van der Waals surface area contributed by atoms with Gasteiger partial charge in [-0.25, -0.2) is 0 Å². The number of hydrogen-bond acceptors (Lipinski definition) is 3. The number of aromatic amines is 1. The molecule has 30 heavy (non-hydrogen) atoms. The number of ether oxygens (including phenoxy) is 1. The van der Waals surface area contributed by atoms with E-state index < -0.39 is 0 Å². The van der Waals surface area contributed by atoms with Crippen LogP contribution in [0.15, 0.2) is 48.7 Å². The first-order chi connectivity index (χ1) is 14.6. The van der Waals surface area contributed by atoms with Crippen molar-refractivity contribution in [2.24, 2.45) is 0 Å². The second-order valence-corrected chi connectivity index (χ2v) is 8.18. The van der Waals surface area contributed by atoms with E-state index >= 15 is 0 Å². The Bertz CT molecular complexity index is 1020. The summed E-state index contributed by atoms with van der Waals surface area (Å²) < 4.78 is 5.65. The Kier molecular flexibility index (Phi) is 6.30. The third-order valence-electron chi connectivity index (χ3n) is 6.12. The van der Waals surface area contributed by atoms with Crippen LogP contribution in [0, 0.1) is 0 Å². The first-order valence-electron chi connectivity index (χ1n) is 10.5. The highest BCUT2D eigenvalue weighted by Gasteiger charge is 2.28. The van der Waals surface area contributed by atoms with E-state index in [4.69, 9.17) is 16.3 Å². The van der Waals surface area contributed by atoms with E-state index in [2.05, 4.69) is 22.9 Å². The molecular weight excluding hydrogens is 398 g/mol. The van der Waals surface area contributed by atoms with Gasteiger partial charge in [0.25, 0.3) is 0 Å². The molecule has 1 aliphatic rings. The van der Waals surface area contributed by atoms with Gasteiger partial charge in [-0.2, -0.15) is 0 Å². The molecule has 5 nitrogen and oxygen atoms in total. The summed E-state index contributed by atoms with van der Waals surface area (Å²) in [6, 6.07) is 13.8. The Balaban J connectivity index is 1.69. The van der Waals surface area contributed by atoms with Crippen LogP contribution in [0.5, 0.6) is 5.75 Å². The van der Waals surface area contributed by atoms with E-state index in [1.807, 2.05) is 47.5 Å². The lowest BCUT2D eigenvalue weighted by molar-refractivity contribution is -0.133. The van der Waals surface area contributed by atoms with Crippen LogP contribution in [0.1, 0.15) is 30.4 Å². The fourth-order valence-electron chi connectivity index (χ4n) is 4.36. The minimum atomic E-state index is -0.120. The summed E-state index contributed by atoms with van der Waals surface area (Å²) in [6.45, 7) is 6.63. The number of piperazine rings is 1. The van der Waals surface area contributed by atoms with Gasteiger partial charge in [0.1, 0.15) is 5.75 Å². The molecule has 0 bridgehead atoms. The van der Waals surface area contributed by atoms with Crippen LogP contribution in [-0.2, 0) is 4.79 Å². The number of aromatic nitrogens is 1. The number of likely N-dealkylation sites (N-methyl/N-ethyl adjacent to an activating group) is 1. The number of benzene rings is 2. The summed E-state index contributed by atoms with van der Waals surface area (Å²) >= 11 is 6.29. The molecular formula is C24H28ClN3O2. The topological polar surface area (TPSA) is 48.6 Å². The average molecular weight is 426 g/mol. The monoisotopic (exact) mass is 425 g/mol. The summed E-state index contributed by atoms with van der Waals surface area (Å²) in [4.78, 5) is 21.0. The molecule has 3 aromatic rings. The first kappa shape index (κ1) is 20.8. The van der Waals surface area contributed by atoms with E-state index in [-0.39, 0.29) is 11.8 Å². The van der Waals surface area contributed by atoms with Crippen molar-refractivity contribution in [2.75, 3.05) is 39.8 Å². The molecule has 1 atom stereocenters. The van der Waals surface area contributed by atoms with E-state index in [1.54, 1.807) is 7.11 Å². The highest BCUT2D eigenvalue weighted by molar-refractivity contribution is 6.31. The summed E-state index contributed by atoms with van der Waals surface area (Å²) in [7, 11) is 1.67. The molecule has 0 aliphatic carbocycles. The highest BCUT2D eigenvalue weighted by Crippen LogP contribution is 2.38. The number of halogens is 1. The molecule has 2 aromatic carbocycles. The van der Waals surface area contributed by atoms with Gasteiger partial charge >= 0.3 is 0 Å². The van der Waals surface area contributed by atoms with Gasteiger partial charge in [-0.05, 0) is 36.4 Å². The third-order valence-corrected chi connectivity index (χ3v) is 6.35. The van der Waals surface area contributed by atoms with Gasteiger partial charge in [0.05, 0.1) is 7.11 Å². The lowest BCUT2D eigenvalue weighted by Crippen LogP contribution is -2.48.